The van der Waals surface area contributed by atoms with Crippen LogP contribution in [0, 0.1) is 11.8 Å². The quantitative estimate of drug-likeness (QED) is 0.383. The van der Waals surface area contributed by atoms with E-state index in [4.69, 9.17) is 0 Å². The van der Waals surface area contributed by atoms with E-state index >= 15 is 0 Å². The Labute approximate surface area is 232 Å². The van der Waals surface area contributed by atoms with E-state index in [2.05, 4.69) is 18.8 Å². The van der Waals surface area contributed by atoms with Gasteiger partial charge in [-0.1, -0.05) is 44.2 Å². The fourth-order valence-corrected chi connectivity index (χ4v) is 6.76. The van der Waals surface area contributed by atoms with Crippen molar-refractivity contribution in [3.05, 3.63) is 89.5 Å². The molecule has 0 bridgehead atoms. The number of hydrogen-bond donors (Lipinski definition) is 0. The molecule has 0 unspecified atom stereocenters. The maximum absolute atomic E-state index is 13.5. The van der Waals surface area contributed by atoms with Crippen LogP contribution in [0.3, 0.4) is 0 Å². The molecule has 1 heterocycles. The molecule has 4 rings (SSSR count). The Balaban J connectivity index is 1.72. The van der Waals surface area contributed by atoms with Gasteiger partial charge in [0.1, 0.15) is 0 Å². The van der Waals surface area contributed by atoms with Gasteiger partial charge >= 0.3 is 0 Å². The lowest BCUT2D eigenvalue weighted by molar-refractivity contribution is 0.100. The summed E-state index contributed by atoms with van der Waals surface area (Å²) >= 11 is 0. The van der Waals surface area contributed by atoms with Crippen LogP contribution in [0.4, 0.5) is 11.4 Å². The minimum absolute atomic E-state index is 0.122. The zero-order valence-electron chi connectivity index (χ0n) is 23.6. The predicted octanol–water partition coefficient (Wildman–Crippen LogP) is 5.16. The lowest BCUT2D eigenvalue weighted by atomic mass is 9.94. The van der Waals surface area contributed by atoms with Gasteiger partial charge in [0, 0.05) is 69.3 Å². The van der Waals surface area contributed by atoms with Crippen LogP contribution in [0.25, 0.3) is 0 Å². The van der Waals surface area contributed by atoms with Crippen LogP contribution in [0.2, 0.25) is 0 Å². The minimum atomic E-state index is -3.72. The molecule has 0 spiro atoms. The number of rotatable bonds is 7. The van der Waals surface area contributed by atoms with E-state index in [1.54, 1.807) is 22.5 Å². The van der Waals surface area contributed by atoms with E-state index in [0.29, 0.717) is 30.6 Å². The number of nitrogens with zero attached hydrogens (tertiary/aromatic N) is 4. The first-order chi connectivity index (χ1) is 18.5. The van der Waals surface area contributed by atoms with E-state index in [-0.39, 0.29) is 10.5 Å². The summed E-state index contributed by atoms with van der Waals surface area (Å²) in [6.45, 7) is 5.12. The second-order valence-corrected chi connectivity index (χ2v) is 12.9. The van der Waals surface area contributed by atoms with Crippen molar-refractivity contribution in [1.29, 1.82) is 0 Å². The fourth-order valence-electron chi connectivity index (χ4n) is 5.04. The van der Waals surface area contributed by atoms with Gasteiger partial charge in [-0.05, 0) is 60.7 Å². The zero-order chi connectivity index (χ0) is 28.3. The molecule has 0 aliphatic carbocycles. The number of carbonyl (C=O) groups is 1. The van der Waals surface area contributed by atoms with Gasteiger partial charge in [0.15, 0.2) is 0 Å². The first kappa shape index (κ1) is 28.5. The number of amides is 1. The summed E-state index contributed by atoms with van der Waals surface area (Å²) < 4.78 is 28.5. The SMILES string of the molecule is C[C@@H]1C[C@@H](C)CN(S(=O)(=O)c2cccc(C(=O)N=C(c3ccc(N(C)C)cc3)c3ccc(N(C)C)cc3)c2)C1. The number of anilines is 2. The summed E-state index contributed by atoms with van der Waals surface area (Å²) in [6.07, 6.45) is 1.01. The van der Waals surface area contributed by atoms with Gasteiger partial charge in [-0.2, -0.15) is 4.31 Å². The largest absolute Gasteiger partial charge is 0.378 e. The molecule has 1 aliphatic heterocycles. The van der Waals surface area contributed by atoms with Gasteiger partial charge < -0.3 is 9.80 Å². The lowest BCUT2D eigenvalue weighted by Gasteiger charge is -2.34. The highest BCUT2D eigenvalue weighted by Crippen LogP contribution is 2.27. The molecule has 8 heteroatoms. The van der Waals surface area contributed by atoms with Crippen molar-refractivity contribution in [1.82, 2.24) is 4.31 Å². The van der Waals surface area contributed by atoms with E-state index in [0.717, 1.165) is 28.9 Å². The van der Waals surface area contributed by atoms with Gasteiger partial charge in [0.2, 0.25) is 10.0 Å². The Morgan fingerprint density at radius 1 is 0.769 bits per heavy atom. The Kier molecular flexibility index (Phi) is 8.57. The molecule has 0 aromatic heterocycles. The molecule has 1 saturated heterocycles. The molecule has 1 fully saturated rings. The molecule has 206 valence electrons. The van der Waals surface area contributed by atoms with Crippen LogP contribution < -0.4 is 9.80 Å². The van der Waals surface area contributed by atoms with Gasteiger partial charge in [0.25, 0.3) is 5.91 Å². The van der Waals surface area contributed by atoms with Crippen molar-refractivity contribution in [2.75, 3.05) is 51.1 Å². The molecule has 3 aromatic carbocycles. The summed E-state index contributed by atoms with van der Waals surface area (Å²) in [4.78, 5) is 22.2. The second-order valence-electron chi connectivity index (χ2n) is 10.9. The predicted molar refractivity (Wildman–Crippen MR) is 160 cm³/mol. The van der Waals surface area contributed by atoms with Crippen molar-refractivity contribution in [3.63, 3.8) is 0 Å². The monoisotopic (exact) mass is 546 g/mol. The number of benzene rings is 3. The fraction of sp³-hybridized carbons (Fsp3) is 0.355. The normalized spacial score (nSPS) is 17.9. The van der Waals surface area contributed by atoms with Crippen molar-refractivity contribution in [3.8, 4) is 0 Å². The zero-order valence-corrected chi connectivity index (χ0v) is 24.4. The van der Waals surface area contributed by atoms with E-state index < -0.39 is 15.9 Å². The van der Waals surface area contributed by atoms with Gasteiger partial charge in [-0.25, -0.2) is 13.4 Å². The minimum Gasteiger partial charge on any atom is -0.378 e. The van der Waals surface area contributed by atoms with Gasteiger partial charge in [-0.3, -0.25) is 4.79 Å². The van der Waals surface area contributed by atoms with Crippen molar-refractivity contribution in [2.24, 2.45) is 16.8 Å². The Morgan fingerprint density at radius 3 is 1.72 bits per heavy atom. The molecule has 7 nitrogen and oxygen atoms in total. The lowest BCUT2D eigenvalue weighted by Crippen LogP contribution is -2.42. The number of aliphatic imine (C=N–C) groups is 1. The van der Waals surface area contributed by atoms with Crippen LogP contribution in [0.1, 0.15) is 41.8 Å². The van der Waals surface area contributed by atoms with Gasteiger partial charge in [-0.15, -0.1) is 0 Å². The van der Waals surface area contributed by atoms with Crippen LogP contribution in [-0.4, -0.2) is 65.6 Å². The topological polar surface area (TPSA) is 73.3 Å². The van der Waals surface area contributed by atoms with Crippen LogP contribution in [-0.2, 0) is 10.0 Å². The number of hydrogen-bond acceptors (Lipinski definition) is 5. The number of sulfonamides is 1. The smallest absolute Gasteiger partial charge is 0.277 e. The third-order valence-corrected chi connectivity index (χ3v) is 8.91. The van der Waals surface area contributed by atoms with E-state index in [1.165, 1.54) is 6.07 Å². The van der Waals surface area contributed by atoms with Crippen LogP contribution >= 0.6 is 0 Å². The van der Waals surface area contributed by atoms with Crippen molar-refractivity contribution < 1.29 is 13.2 Å². The van der Waals surface area contributed by atoms with Crippen molar-refractivity contribution in [2.45, 2.75) is 25.2 Å². The summed E-state index contributed by atoms with van der Waals surface area (Å²) in [6, 6.07) is 22.0. The second kappa shape index (κ2) is 11.7. The molecule has 39 heavy (non-hydrogen) atoms. The molecule has 2 atom stereocenters. The maximum Gasteiger partial charge on any atom is 0.277 e. The number of piperidine rings is 1. The molecule has 0 N–H and O–H groups in total. The first-order valence-corrected chi connectivity index (χ1v) is 14.7. The molecule has 1 amide bonds. The highest BCUT2D eigenvalue weighted by atomic mass is 32.2. The average molecular weight is 547 g/mol. The summed E-state index contributed by atoms with van der Waals surface area (Å²) in [5.74, 6) is 0.0901. The third kappa shape index (κ3) is 6.57. The molecule has 3 aromatic rings. The Hall–Kier alpha value is -3.49. The first-order valence-electron chi connectivity index (χ1n) is 13.2. The molecule has 1 aliphatic rings. The highest BCUT2D eigenvalue weighted by Gasteiger charge is 2.32. The standard InChI is InChI=1S/C31H38N4O3S/c1-22-18-23(2)21-35(20-22)39(37,38)29-9-7-8-26(19-29)31(36)32-30(24-10-14-27(15-11-24)33(3)4)25-12-16-28(17-13-25)34(5)6/h7-17,19,22-23H,18,20-21H2,1-6H3/t22-,23-/m1/s1. The molecular weight excluding hydrogens is 508 g/mol. The number of carbonyl (C=O) groups excluding carboxylic acids is 1. The molecule has 0 radical (unpaired) electrons. The van der Waals surface area contributed by atoms with Crippen LogP contribution in [0.15, 0.2) is 82.7 Å². The van der Waals surface area contributed by atoms with E-state index in [9.17, 15) is 13.2 Å². The highest BCUT2D eigenvalue weighted by molar-refractivity contribution is 7.89. The maximum atomic E-state index is 13.5. The summed E-state index contributed by atoms with van der Waals surface area (Å²) in [5, 5.41) is 0. The Morgan fingerprint density at radius 2 is 1.26 bits per heavy atom. The molecule has 0 saturated carbocycles. The molecular formula is C31H38N4O3S. The summed E-state index contributed by atoms with van der Waals surface area (Å²) in [7, 11) is 4.17. The van der Waals surface area contributed by atoms with Crippen molar-refractivity contribution >= 4 is 33.0 Å². The third-order valence-electron chi connectivity index (χ3n) is 7.08. The average Bonchev–Trinajstić information content (AvgIpc) is 2.91. The Bertz CT molecular complexity index is 1380. The van der Waals surface area contributed by atoms with Gasteiger partial charge in [0.05, 0.1) is 10.6 Å². The van der Waals surface area contributed by atoms with E-state index in [1.807, 2.05) is 86.5 Å². The summed E-state index contributed by atoms with van der Waals surface area (Å²) in [5.41, 5.74) is 4.43. The van der Waals surface area contributed by atoms with Crippen LogP contribution in [0.5, 0.6) is 0 Å².